The highest BCUT2D eigenvalue weighted by Crippen LogP contribution is 2.35. The molecule has 1 aromatic heterocycles. The highest BCUT2D eigenvalue weighted by molar-refractivity contribution is 7.91. The molecule has 0 aromatic carbocycles. The second-order valence-electron chi connectivity index (χ2n) is 7.45. The maximum Gasteiger partial charge on any atom is 0.236 e. The van der Waals surface area contributed by atoms with Gasteiger partial charge in [0.05, 0.1) is 5.60 Å². The first-order chi connectivity index (χ1) is 9.17. The lowest BCUT2D eigenvalue weighted by Gasteiger charge is -2.36. The van der Waals surface area contributed by atoms with Gasteiger partial charge in [0.2, 0.25) is 10.0 Å². The molecular weight excluding hydrogens is 304 g/mol. The molecule has 7 heteroatoms. The number of pyridine rings is 1. The summed E-state index contributed by atoms with van der Waals surface area (Å²) in [5, 5.41) is 9.88. The zero-order valence-corrected chi connectivity index (χ0v) is 15.7. The zero-order valence-electron chi connectivity index (χ0n) is 13.9. The fourth-order valence-electron chi connectivity index (χ4n) is 1.45. The Morgan fingerprint density at radius 2 is 1.67 bits per heavy atom. The molecule has 0 amide bonds. The first kappa shape index (κ1) is 18.3. The Labute approximate surface area is 129 Å². The third-order valence-corrected chi connectivity index (χ3v) is 11.7. The monoisotopic (exact) mass is 330 g/mol. The second kappa shape index (κ2) is 5.46. The zero-order chi connectivity index (χ0) is 16.7. The van der Waals surface area contributed by atoms with Crippen LogP contribution >= 0.6 is 0 Å². The summed E-state index contributed by atoms with van der Waals surface area (Å²) in [6.45, 7) is 13.3. The summed E-state index contributed by atoms with van der Waals surface area (Å²) in [6.07, 6.45) is 2.79. The van der Waals surface area contributed by atoms with E-state index < -0.39 is 23.9 Å². The number of sulfonamides is 1. The van der Waals surface area contributed by atoms with Crippen LogP contribution in [-0.2, 0) is 15.6 Å². The van der Waals surface area contributed by atoms with Crippen molar-refractivity contribution in [3.8, 4) is 0 Å². The van der Waals surface area contributed by atoms with Crippen LogP contribution in [0.3, 0.4) is 0 Å². The van der Waals surface area contributed by atoms with E-state index in [1.165, 1.54) is 18.5 Å². The third-order valence-electron chi connectivity index (χ3n) is 3.99. The molecule has 21 heavy (non-hydrogen) atoms. The van der Waals surface area contributed by atoms with E-state index >= 15 is 0 Å². The number of aliphatic hydroxyl groups is 1. The van der Waals surface area contributed by atoms with Crippen molar-refractivity contribution >= 4 is 18.3 Å². The minimum atomic E-state index is -3.65. The Kier molecular flexibility index (Phi) is 4.75. The largest absolute Gasteiger partial charge is 0.386 e. The summed E-state index contributed by atoms with van der Waals surface area (Å²) in [6, 6.07) is 1.47. The topological polar surface area (TPSA) is 79.3 Å². The SMILES string of the molecule is CC(C)(O)c1cncc(S(=O)(=O)N[Si](C)(C)C(C)(C)C)c1. The normalized spacial score (nSPS) is 14.3. The Hall–Kier alpha value is -0.763. The maximum absolute atomic E-state index is 12.6. The van der Waals surface area contributed by atoms with Crippen molar-refractivity contribution in [2.24, 2.45) is 0 Å². The van der Waals surface area contributed by atoms with Crippen LogP contribution in [0.2, 0.25) is 18.1 Å². The van der Waals surface area contributed by atoms with E-state index in [0.717, 1.165) is 0 Å². The van der Waals surface area contributed by atoms with Crippen LogP contribution in [0.25, 0.3) is 0 Å². The van der Waals surface area contributed by atoms with Crippen LogP contribution in [0.5, 0.6) is 0 Å². The second-order valence-corrected chi connectivity index (χ2v) is 14.5. The van der Waals surface area contributed by atoms with Crippen LogP contribution in [0.4, 0.5) is 0 Å². The molecule has 120 valence electrons. The van der Waals surface area contributed by atoms with Gasteiger partial charge >= 0.3 is 0 Å². The van der Waals surface area contributed by atoms with Crippen molar-refractivity contribution in [2.45, 2.75) is 63.2 Å². The smallest absolute Gasteiger partial charge is 0.236 e. The predicted octanol–water partition coefficient (Wildman–Crippen LogP) is 2.59. The van der Waals surface area contributed by atoms with Crippen molar-refractivity contribution in [3.63, 3.8) is 0 Å². The standard InChI is InChI=1S/C14H26N2O3SSi/c1-13(2,3)21(6,7)16-20(18,19)12-8-11(9-15-10-12)14(4,5)17/h8-10,16-17H,1-7H3. The summed E-state index contributed by atoms with van der Waals surface area (Å²) < 4.78 is 28.0. The summed E-state index contributed by atoms with van der Waals surface area (Å²) in [7, 11) is -5.86. The Balaban J connectivity index is 3.22. The molecule has 0 radical (unpaired) electrons. The number of rotatable bonds is 4. The van der Waals surface area contributed by atoms with E-state index in [2.05, 4.69) is 9.37 Å². The average molecular weight is 331 g/mol. The van der Waals surface area contributed by atoms with E-state index in [1.807, 2.05) is 33.9 Å². The van der Waals surface area contributed by atoms with Crippen molar-refractivity contribution < 1.29 is 13.5 Å². The van der Waals surface area contributed by atoms with Gasteiger partial charge in [-0.2, -0.15) is 0 Å². The first-order valence-corrected chi connectivity index (χ1v) is 11.4. The molecule has 0 unspecified atom stereocenters. The molecule has 1 rings (SSSR count). The minimum absolute atomic E-state index is 0.0898. The fourth-order valence-corrected chi connectivity index (χ4v) is 6.31. The number of nitrogens with one attached hydrogen (secondary N) is 1. The number of hydrogen-bond donors (Lipinski definition) is 2. The van der Waals surface area contributed by atoms with Crippen LogP contribution in [0.1, 0.15) is 40.2 Å². The molecule has 0 atom stereocenters. The molecule has 0 fully saturated rings. The van der Waals surface area contributed by atoms with E-state index in [4.69, 9.17) is 0 Å². The van der Waals surface area contributed by atoms with Crippen molar-refractivity contribution in [1.82, 2.24) is 9.37 Å². The van der Waals surface area contributed by atoms with Crippen molar-refractivity contribution in [3.05, 3.63) is 24.0 Å². The summed E-state index contributed by atoms with van der Waals surface area (Å²) in [5.74, 6) is 0. The quantitative estimate of drug-likeness (QED) is 0.832. The molecule has 0 aliphatic rings. The fraction of sp³-hybridized carbons (Fsp3) is 0.643. The molecule has 2 N–H and O–H groups in total. The van der Waals surface area contributed by atoms with Gasteiger partial charge in [-0.1, -0.05) is 33.9 Å². The summed E-state index contributed by atoms with van der Waals surface area (Å²) in [4.78, 5) is 4.04. The first-order valence-electron chi connectivity index (χ1n) is 6.89. The lowest BCUT2D eigenvalue weighted by molar-refractivity contribution is 0.0780. The molecule has 0 saturated carbocycles. The van der Waals surface area contributed by atoms with Gasteiger partial charge in [0.15, 0.2) is 0 Å². The summed E-state index contributed by atoms with van der Waals surface area (Å²) in [5.41, 5.74) is -0.657. The van der Waals surface area contributed by atoms with Crippen LogP contribution in [0.15, 0.2) is 23.4 Å². The average Bonchev–Trinajstić information content (AvgIpc) is 2.25. The van der Waals surface area contributed by atoms with Gasteiger partial charge < -0.3 is 5.11 Å². The van der Waals surface area contributed by atoms with E-state index in [1.54, 1.807) is 13.8 Å². The van der Waals surface area contributed by atoms with Gasteiger partial charge in [-0.25, -0.2) is 12.8 Å². The Morgan fingerprint density at radius 3 is 2.10 bits per heavy atom. The number of aromatic nitrogens is 1. The molecule has 5 nitrogen and oxygen atoms in total. The number of hydrogen-bond acceptors (Lipinski definition) is 4. The van der Waals surface area contributed by atoms with E-state index in [9.17, 15) is 13.5 Å². The van der Waals surface area contributed by atoms with Gasteiger partial charge in [0.25, 0.3) is 0 Å². The summed E-state index contributed by atoms with van der Waals surface area (Å²) >= 11 is 0. The molecule has 0 aliphatic heterocycles. The van der Waals surface area contributed by atoms with Gasteiger partial charge in [-0.05, 0) is 25.0 Å². The molecule has 0 spiro atoms. The number of nitrogens with zero attached hydrogens (tertiary/aromatic N) is 1. The van der Waals surface area contributed by atoms with E-state index in [0.29, 0.717) is 5.56 Å². The lowest BCUT2D eigenvalue weighted by atomic mass is 10.0. The lowest BCUT2D eigenvalue weighted by Crippen LogP contribution is -2.54. The van der Waals surface area contributed by atoms with Gasteiger partial charge in [0, 0.05) is 18.0 Å². The Bertz CT molecular complexity index is 614. The van der Waals surface area contributed by atoms with Crippen LogP contribution in [0, 0.1) is 0 Å². The highest BCUT2D eigenvalue weighted by atomic mass is 32.2. The molecular formula is C14H26N2O3SSi. The van der Waals surface area contributed by atoms with Crippen LogP contribution < -0.4 is 4.39 Å². The van der Waals surface area contributed by atoms with Crippen molar-refractivity contribution in [2.75, 3.05) is 0 Å². The molecule has 0 aliphatic carbocycles. The van der Waals surface area contributed by atoms with Gasteiger partial charge in [-0.3, -0.25) is 4.98 Å². The maximum atomic E-state index is 12.6. The van der Waals surface area contributed by atoms with Gasteiger partial charge in [0.1, 0.15) is 13.1 Å². The van der Waals surface area contributed by atoms with Gasteiger partial charge in [-0.15, -0.1) is 0 Å². The van der Waals surface area contributed by atoms with E-state index in [-0.39, 0.29) is 9.93 Å². The molecule has 1 heterocycles. The molecule has 1 aromatic rings. The minimum Gasteiger partial charge on any atom is -0.386 e. The van der Waals surface area contributed by atoms with Crippen LogP contribution in [-0.4, -0.2) is 26.7 Å². The third kappa shape index (κ3) is 4.35. The highest BCUT2D eigenvalue weighted by Gasteiger charge is 2.39. The predicted molar refractivity (Wildman–Crippen MR) is 87.0 cm³/mol. The molecule has 0 saturated heterocycles. The van der Waals surface area contributed by atoms with Crippen molar-refractivity contribution in [1.29, 1.82) is 0 Å². The molecule has 0 bridgehead atoms. The Morgan fingerprint density at radius 1 is 1.14 bits per heavy atom.